The Morgan fingerprint density at radius 1 is 1.05 bits per heavy atom. The van der Waals surface area contributed by atoms with E-state index in [9.17, 15) is 4.79 Å². The van der Waals surface area contributed by atoms with Crippen LogP contribution in [0.2, 0.25) is 0 Å². The fourth-order valence-electron chi connectivity index (χ4n) is 2.62. The lowest BCUT2D eigenvalue weighted by Crippen LogP contribution is -2.41. The van der Waals surface area contributed by atoms with Crippen LogP contribution < -0.4 is 10.2 Å². The number of carbonyl (C=O) groups is 1. The van der Waals surface area contributed by atoms with Crippen molar-refractivity contribution in [2.45, 2.75) is 18.9 Å². The summed E-state index contributed by atoms with van der Waals surface area (Å²) < 4.78 is 1.16. The van der Waals surface area contributed by atoms with Crippen molar-refractivity contribution >= 4 is 39.9 Å². The first kappa shape index (κ1) is 14.5. The van der Waals surface area contributed by atoms with Crippen LogP contribution in [0.25, 0.3) is 0 Å². The van der Waals surface area contributed by atoms with E-state index in [1.54, 1.807) is 0 Å². The molecule has 0 aliphatic carbocycles. The summed E-state index contributed by atoms with van der Waals surface area (Å²) in [4.78, 5) is 14.7. The molecule has 1 aliphatic rings. The predicted molar refractivity (Wildman–Crippen MR) is 93.8 cm³/mol. The molecule has 1 atom stereocenters. The van der Waals surface area contributed by atoms with Gasteiger partial charge in [0.15, 0.2) is 0 Å². The molecular formula is C17H17IN2O. The average Bonchev–Trinajstić information content (AvgIpc) is 3.05. The van der Waals surface area contributed by atoms with E-state index in [1.807, 2.05) is 59.5 Å². The minimum atomic E-state index is -0.0792. The highest BCUT2D eigenvalue weighted by atomic mass is 127. The fourth-order valence-corrected chi connectivity index (χ4v) is 2.98. The first-order valence-electron chi connectivity index (χ1n) is 7.14. The Morgan fingerprint density at radius 2 is 1.71 bits per heavy atom. The number of nitrogens with one attached hydrogen (secondary N) is 1. The zero-order valence-corrected chi connectivity index (χ0v) is 13.8. The topological polar surface area (TPSA) is 32.3 Å². The largest absolute Gasteiger partial charge is 0.306 e. The molecule has 21 heavy (non-hydrogen) atoms. The number of rotatable bonds is 3. The second-order valence-corrected chi connectivity index (χ2v) is 6.38. The Labute approximate surface area is 138 Å². The SMILES string of the molecule is O=C([C@@H]1CCCN1)N(c1ccccc1)c1ccc(I)cc1. The molecule has 1 N–H and O–H groups in total. The van der Waals surface area contributed by atoms with Crippen molar-refractivity contribution in [2.24, 2.45) is 0 Å². The van der Waals surface area contributed by atoms with Crippen LogP contribution in [0.4, 0.5) is 11.4 Å². The smallest absolute Gasteiger partial charge is 0.248 e. The Balaban J connectivity index is 1.98. The predicted octanol–water partition coefficient (Wildman–Crippen LogP) is 3.71. The van der Waals surface area contributed by atoms with Gasteiger partial charge in [-0.1, -0.05) is 18.2 Å². The molecule has 4 heteroatoms. The van der Waals surface area contributed by atoms with Crippen LogP contribution in [0.1, 0.15) is 12.8 Å². The summed E-state index contributed by atoms with van der Waals surface area (Å²) in [6.45, 7) is 0.922. The third-order valence-corrected chi connectivity index (χ3v) is 4.40. The van der Waals surface area contributed by atoms with Gasteiger partial charge in [-0.15, -0.1) is 0 Å². The maximum absolute atomic E-state index is 12.9. The molecule has 3 nitrogen and oxygen atoms in total. The van der Waals surface area contributed by atoms with Crippen LogP contribution in [-0.4, -0.2) is 18.5 Å². The van der Waals surface area contributed by atoms with E-state index in [1.165, 1.54) is 0 Å². The quantitative estimate of drug-likeness (QED) is 0.808. The van der Waals surface area contributed by atoms with Crippen LogP contribution in [0.15, 0.2) is 54.6 Å². The minimum Gasteiger partial charge on any atom is -0.306 e. The van der Waals surface area contributed by atoms with Crippen molar-refractivity contribution in [3.05, 3.63) is 58.2 Å². The number of hydrogen-bond acceptors (Lipinski definition) is 2. The second kappa shape index (κ2) is 6.58. The summed E-state index contributed by atoms with van der Waals surface area (Å²) in [6.07, 6.45) is 1.97. The van der Waals surface area contributed by atoms with Gasteiger partial charge in [0.05, 0.1) is 6.04 Å². The first-order valence-corrected chi connectivity index (χ1v) is 8.21. The molecule has 1 aliphatic heterocycles. The van der Waals surface area contributed by atoms with E-state index >= 15 is 0 Å². The van der Waals surface area contributed by atoms with E-state index < -0.39 is 0 Å². The molecule has 0 aromatic heterocycles. The number of halogens is 1. The normalized spacial score (nSPS) is 17.7. The molecule has 2 aromatic carbocycles. The highest BCUT2D eigenvalue weighted by Gasteiger charge is 2.28. The third kappa shape index (κ3) is 3.27. The molecule has 0 radical (unpaired) electrons. The minimum absolute atomic E-state index is 0.0792. The molecule has 1 heterocycles. The van der Waals surface area contributed by atoms with Crippen LogP contribution in [0.5, 0.6) is 0 Å². The van der Waals surface area contributed by atoms with Crippen molar-refractivity contribution in [1.82, 2.24) is 5.32 Å². The van der Waals surface area contributed by atoms with Crippen LogP contribution in [0.3, 0.4) is 0 Å². The number of anilines is 2. The highest BCUT2D eigenvalue weighted by Crippen LogP contribution is 2.28. The van der Waals surface area contributed by atoms with E-state index in [-0.39, 0.29) is 11.9 Å². The molecule has 2 aromatic rings. The van der Waals surface area contributed by atoms with Crippen LogP contribution >= 0.6 is 22.6 Å². The van der Waals surface area contributed by atoms with E-state index in [2.05, 4.69) is 27.9 Å². The summed E-state index contributed by atoms with van der Waals surface area (Å²) in [5.74, 6) is 0.125. The van der Waals surface area contributed by atoms with Crippen LogP contribution in [-0.2, 0) is 4.79 Å². The Hall–Kier alpha value is -1.40. The van der Waals surface area contributed by atoms with Gasteiger partial charge in [0.1, 0.15) is 0 Å². The number of amides is 1. The molecule has 108 valence electrons. The van der Waals surface area contributed by atoms with Crippen molar-refractivity contribution in [2.75, 3.05) is 11.4 Å². The summed E-state index contributed by atoms with van der Waals surface area (Å²) >= 11 is 2.27. The van der Waals surface area contributed by atoms with Gasteiger partial charge in [-0.2, -0.15) is 0 Å². The van der Waals surface area contributed by atoms with Crippen LogP contribution in [0, 0.1) is 3.57 Å². The molecule has 0 bridgehead atoms. The lowest BCUT2D eigenvalue weighted by molar-refractivity contribution is -0.119. The lowest BCUT2D eigenvalue weighted by atomic mass is 10.1. The summed E-state index contributed by atoms with van der Waals surface area (Å²) in [5, 5.41) is 3.30. The van der Waals surface area contributed by atoms with E-state index in [4.69, 9.17) is 0 Å². The third-order valence-electron chi connectivity index (χ3n) is 3.68. The molecular weight excluding hydrogens is 375 g/mol. The maximum Gasteiger partial charge on any atom is 0.248 e. The van der Waals surface area contributed by atoms with Crippen molar-refractivity contribution in [3.8, 4) is 0 Å². The average molecular weight is 392 g/mol. The molecule has 0 saturated carbocycles. The van der Waals surface area contributed by atoms with Crippen molar-refractivity contribution in [3.63, 3.8) is 0 Å². The molecule has 3 rings (SSSR count). The molecule has 1 fully saturated rings. The van der Waals surface area contributed by atoms with Gasteiger partial charge in [-0.05, 0) is 78.4 Å². The Bertz CT molecular complexity index is 606. The van der Waals surface area contributed by atoms with Gasteiger partial charge >= 0.3 is 0 Å². The first-order chi connectivity index (χ1) is 10.3. The molecule has 0 unspecified atom stereocenters. The summed E-state index contributed by atoms with van der Waals surface area (Å²) in [5.41, 5.74) is 1.83. The fraction of sp³-hybridized carbons (Fsp3) is 0.235. The van der Waals surface area contributed by atoms with E-state index in [0.717, 1.165) is 34.3 Å². The van der Waals surface area contributed by atoms with Gasteiger partial charge in [-0.3, -0.25) is 9.69 Å². The molecule has 0 spiro atoms. The molecule has 1 saturated heterocycles. The lowest BCUT2D eigenvalue weighted by Gasteiger charge is -2.26. The van der Waals surface area contributed by atoms with E-state index in [0.29, 0.717) is 0 Å². The maximum atomic E-state index is 12.9. The number of nitrogens with zero attached hydrogens (tertiary/aromatic N) is 1. The van der Waals surface area contributed by atoms with Gasteiger partial charge in [0, 0.05) is 14.9 Å². The van der Waals surface area contributed by atoms with Gasteiger partial charge in [0.25, 0.3) is 0 Å². The highest BCUT2D eigenvalue weighted by molar-refractivity contribution is 14.1. The Kier molecular flexibility index (Phi) is 4.55. The number of hydrogen-bond donors (Lipinski definition) is 1. The zero-order valence-electron chi connectivity index (χ0n) is 11.6. The number of benzene rings is 2. The summed E-state index contributed by atoms with van der Waals surface area (Å²) in [7, 11) is 0. The number of para-hydroxylation sites is 1. The Morgan fingerprint density at radius 3 is 2.33 bits per heavy atom. The monoisotopic (exact) mass is 392 g/mol. The van der Waals surface area contributed by atoms with Crippen molar-refractivity contribution < 1.29 is 4.79 Å². The number of carbonyl (C=O) groups excluding carboxylic acids is 1. The summed E-state index contributed by atoms with van der Waals surface area (Å²) in [6, 6.07) is 17.8. The van der Waals surface area contributed by atoms with Gasteiger partial charge in [0.2, 0.25) is 5.91 Å². The second-order valence-electron chi connectivity index (χ2n) is 5.13. The van der Waals surface area contributed by atoms with Gasteiger partial charge in [-0.25, -0.2) is 0 Å². The standard InChI is InChI=1S/C17H17IN2O/c18-13-8-10-15(11-9-13)20(14-5-2-1-3-6-14)17(21)16-7-4-12-19-16/h1-3,5-6,8-11,16,19H,4,7,12H2/t16-/m0/s1. The molecule has 1 amide bonds. The zero-order chi connectivity index (χ0) is 14.7. The van der Waals surface area contributed by atoms with Gasteiger partial charge < -0.3 is 5.32 Å². The van der Waals surface area contributed by atoms with Crippen molar-refractivity contribution in [1.29, 1.82) is 0 Å².